The van der Waals surface area contributed by atoms with Crippen LogP contribution in [0.2, 0.25) is 0 Å². The van der Waals surface area contributed by atoms with E-state index < -0.39 is 0 Å². The molecule has 2 aliphatic rings. The van der Waals surface area contributed by atoms with Gasteiger partial charge in [-0.1, -0.05) is 18.2 Å². The summed E-state index contributed by atoms with van der Waals surface area (Å²) in [5.41, 5.74) is 1.41. The molecular formula is C25H29N3O5. The van der Waals surface area contributed by atoms with Crippen molar-refractivity contribution in [2.75, 3.05) is 44.1 Å². The van der Waals surface area contributed by atoms with Crippen LogP contribution in [0.4, 0.5) is 11.4 Å². The van der Waals surface area contributed by atoms with Gasteiger partial charge in [-0.2, -0.15) is 0 Å². The molecule has 0 saturated carbocycles. The third-order valence-corrected chi connectivity index (χ3v) is 6.39. The van der Waals surface area contributed by atoms with E-state index in [0.29, 0.717) is 49.7 Å². The van der Waals surface area contributed by atoms with Gasteiger partial charge in [-0.3, -0.25) is 14.4 Å². The monoisotopic (exact) mass is 451 g/mol. The molecule has 2 saturated heterocycles. The topological polar surface area (TPSA) is 88.2 Å². The Kier molecular flexibility index (Phi) is 6.82. The summed E-state index contributed by atoms with van der Waals surface area (Å²) in [4.78, 5) is 41.8. The molecular weight excluding hydrogens is 422 g/mol. The number of benzene rings is 2. The number of ether oxygens (including phenoxy) is 2. The van der Waals surface area contributed by atoms with Gasteiger partial charge in [0.05, 0.1) is 25.8 Å². The van der Waals surface area contributed by atoms with Crippen molar-refractivity contribution < 1.29 is 23.9 Å². The molecule has 8 nitrogen and oxygen atoms in total. The van der Waals surface area contributed by atoms with E-state index >= 15 is 0 Å². The number of nitrogens with one attached hydrogen (secondary N) is 1. The van der Waals surface area contributed by atoms with Crippen molar-refractivity contribution in [3.63, 3.8) is 0 Å². The number of hydrogen-bond donors (Lipinski definition) is 1. The van der Waals surface area contributed by atoms with Crippen LogP contribution in [0.1, 0.15) is 19.3 Å². The third kappa shape index (κ3) is 4.94. The zero-order chi connectivity index (χ0) is 23.4. The average Bonchev–Trinajstić information content (AvgIpc) is 3.26. The van der Waals surface area contributed by atoms with Gasteiger partial charge in [0.15, 0.2) is 0 Å². The summed E-state index contributed by atoms with van der Waals surface area (Å²) >= 11 is 0. The first-order chi connectivity index (χ1) is 16.0. The van der Waals surface area contributed by atoms with E-state index in [0.717, 1.165) is 5.69 Å². The maximum absolute atomic E-state index is 13.1. The Balaban J connectivity index is 1.31. The lowest BCUT2D eigenvalue weighted by Gasteiger charge is -2.33. The first kappa shape index (κ1) is 22.6. The Morgan fingerprint density at radius 2 is 1.70 bits per heavy atom. The fourth-order valence-corrected chi connectivity index (χ4v) is 4.49. The Morgan fingerprint density at radius 3 is 2.36 bits per heavy atom. The minimum absolute atomic E-state index is 0.00235. The Hall–Kier alpha value is -3.55. The molecule has 2 fully saturated rings. The van der Waals surface area contributed by atoms with Crippen molar-refractivity contribution in [2.24, 2.45) is 11.8 Å². The average molecular weight is 452 g/mol. The van der Waals surface area contributed by atoms with E-state index in [1.807, 2.05) is 30.3 Å². The Morgan fingerprint density at radius 1 is 0.970 bits per heavy atom. The number of amides is 3. The summed E-state index contributed by atoms with van der Waals surface area (Å²) in [7, 11) is 3.12. The number of carbonyl (C=O) groups excluding carboxylic acids is 3. The number of likely N-dealkylation sites (tertiary alicyclic amines) is 1. The molecule has 4 rings (SSSR count). The lowest BCUT2D eigenvalue weighted by atomic mass is 9.94. The molecule has 1 atom stereocenters. The van der Waals surface area contributed by atoms with Crippen LogP contribution in [0.25, 0.3) is 0 Å². The van der Waals surface area contributed by atoms with Crippen LogP contribution >= 0.6 is 0 Å². The smallest absolute Gasteiger partial charge is 0.228 e. The largest absolute Gasteiger partial charge is 0.497 e. The molecule has 174 valence electrons. The zero-order valence-corrected chi connectivity index (χ0v) is 19.0. The van der Waals surface area contributed by atoms with Gasteiger partial charge in [0.2, 0.25) is 17.7 Å². The molecule has 8 heteroatoms. The third-order valence-electron chi connectivity index (χ3n) is 6.39. The van der Waals surface area contributed by atoms with E-state index in [2.05, 4.69) is 5.32 Å². The molecule has 1 unspecified atom stereocenters. The number of rotatable bonds is 6. The summed E-state index contributed by atoms with van der Waals surface area (Å²) in [6.07, 6.45) is 1.39. The second-order valence-electron chi connectivity index (χ2n) is 8.40. The predicted molar refractivity (Wildman–Crippen MR) is 124 cm³/mol. The van der Waals surface area contributed by atoms with E-state index in [1.54, 1.807) is 42.2 Å². The number of methoxy groups -OCH3 is 2. The standard InChI is InChI=1S/C25H29N3O5/c1-32-20-8-9-21(22(15-20)33-2)26-24(30)17-10-12-27(13-11-17)25(31)18-14-23(29)28(16-18)19-6-4-3-5-7-19/h3-9,15,17-18H,10-14,16H2,1-2H3,(H,26,30). The van der Waals surface area contributed by atoms with Crippen molar-refractivity contribution in [1.29, 1.82) is 0 Å². The van der Waals surface area contributed by atoms with E-state index in [1.165, 1.54) is 0 Å². The van der Waals surface area contributed by atoms with Gasteiger partial charge in [0.25, 0.3) is 0 Å². The van der Waals surface area contributed by atoms with Gasteiger partial charge >= 0.3 is 0 Å². The number of anilines is 2. The van der Waals surface area contributed by atoms with Crippen molar-refractivity contribution in [1.82, 2.24) is 4.90 Å². The second-order valence-corrected chi connectivity index (χ2v) is 8.40. The summed E-state index contributed by atoms with van der Waals surface area (Å²) < 4.78 is 10.5. The second kappa shape index (κ2) is 9.94. The predicted octanol–water partition coefficient (Wildman–Crippen LogP) is 2.93. The van der Waals surface area contributed by atoms with Gasteiger partial charge in [0, 0.05) is 43.7 Å². The molecule has 0 radical (unpaired) electrons. The SMILES string of the molecule is COc1ccc(NC(=O)C2CCN(C(=O)C3CC(=O)N(c4ccccc4)C3)CC2)c(OC)c1. The molecule has 1 N–H and O–H groups in total. The molecule has 0 bridgehead atoms. The van der Waals surface area contributed by atoms with Crippen LogP contribution in [0, 0.1) is 11.8 Å². The fraction of sp³-hybridized carbons (Fsp3) is 0.400. The van der Waals surface area contributed by atoms with Gasteiger partial charge in [-0.15, -0.1) is 0 Å². The summed E-state index contributed by atoms with van der Waals surface area (Å²) in [5, 5.41) is 2.94. The van der Waals surface area contributed by atoms with Crippen LogP contribution in [-0.2, 0) is 14.4 Å². The number of piperidine rings is 1. The normalized spacial score (nSPS) is 18.8. The van der Waals surface area contributed by atoms with E-state index in [4.69, 9.17) is 9.47 Å². The first-order valence-corrected chi connectivity index (χ1v) is 11.2. The van der Waals surface area contributed by atoms with Crippen LogP contribution in [0.5, 0.6) is 11.5 Å². The molecule has 0 spiro atoms. The van der Waals surface area contributed by atoms with Crippen LogP contribution < -0.4 is 19.7 Å². The highest BCUT2D eigenvalue weighted by Gasteiger charge is 2.38. The van der Waals surface area contributed by atoms with Crippen LogP contribution in [0.3, 0.4) is 0 Å². The molecule has 3 amide bonds. The van der Waals surface area contributed by atoms with Gasteiger partial charge in [-0.05, 0) is 37.1 Å². The minimum Gasteiger partial charge on any atom is -0.497 e. The number of nitrogens with zero attached hydrogens (tertiary/aromatic N) is 2. The molecule has 0 aromatic heterocycles. The molecule has 0 aliphatic carbocycles. The minimum atomic E-state index is -0.341. The molecule has 2 heterocycles. The summed E-state index contributed by atoms with van der Waals surface area (Å²) in [6, 6.07) is 14.7. The molecule has 33 heavy (non-hydrogen) atoms. The highest BCUT2D eigenvalue weighted by atomic mass is 16.5. The Bertz CT molecular complexity index is 1020. The Labute approximate surface area is 193 Å². The highest BCUT2D eigenvalue weighted by molar-refractivity contribution is 6.00. The maximum atomic E-state index is 13.1. The first-order valence-electron chi connectivity index (χ1n) is 11.2. The van der Waals surface area contributed by atoms with Gasteiger partial charge in [0.1, 0.15) is 11.5 Å². The number of para-hydroxylation sites is 1. The van der Waals surface area contributed by atoms with Gasteiger partial charge in [-0.25, -0.2) is 0 Å². The van der Waals surface area contributed by atoms with E-state index in [-0.39, 0.29) is 36.0 Å². The fourth-order valence-electron chi connectivity index (χ4n) is 4.49. The van der Waals surface area contributed by atoms with Crippen molar-refractivity contribution in [2.45, 2.75) is 19.3 Å². The van der Waals surface area contributed by atoms with Crippen LogP contribution in [-0.4, -0.2) is 56.5 Å². The van der Waals surface area contributed by atoms with Gasteiger partial charge < -0.3 is 24.6 Å². The summed E-state index contributed by atoms with van der Waals surface area (Å²) in [5.74, 6) is 0.534. The quantitative estimate of drug-likeness (QED) is 0.730. The number of carbonyl (C=O) groups is 3. The summed E-state index contributed by atoms with van der Waals surface area (Å²) in [6.45, 7) is 1.42. The zero-order valence-electron chi connectivity index (χ0n) is 19.0. The highest BCUT2D eigenvalue weighted by Crippen LogP contribution is 2.31. The lowest BCUT2D eigenvalue weighted by molar-refractivity contribution is -0.138. The number of hydrogen-bond acceptors (Lipinski definition) is 5. The van der Waals surface area contributed by atoms with Crippen LogP contribution in [0.15, 0.2) is 48.5 Å². The molecule has 2 aromatic carbocycles. The molecule has 2 aromatic rings. The van der Waals surface area contributed by atoms with Crippen molar-refractivity contribution in [3.8, 4) is 11.5 Å². The van der Waals surface area contributed by atoms with Crippen molar-refractivity contribution in [3.05, 3.63) is 48.5 Å². The van der Waals surface area contributed by atoms with E-state index in [9.17, 15) is 14.4 Å². The van der Waals surface area contributed by atoms with Crippen molar-refractivity contribution >= 4 is 29.1 Å². The lowest BCUT2D eigenvalue weighted by Crippen LogP contribution is -2.44. The molecule has 2 aliphatic heterocycles. The maximum Gasteiger partial charge on any atom is 0.228 e.